The van der Waals surface area contributed by atoms with E-state index in [1.165, 1.54) is 0 Å². The van der Waals surface area contributed by atoms with Crippen molar-refractivity contribution >= 4 is 10.9 Å². The summed E-state index contributed by atoms with van der Waals surface area (Å²) >= 11 is 0. The average Bonchev–Trinajstić information content (AvgIpc) is 2.92. The second-order valence-corrected chi connectivity index (χ2v) is 10.8. The first-order chi connectivity index (χ1) is 18.9. The van der Waals surface area contributed by atoms with Gasteiger partial charge in [0.05, 0.1) is 36.8 Å². The lowest BCUT2D eigenvalue weighted by atomic mass is 9.71. The molecular weight excluding hydrogens is 534 g/mol. The minimum absolute atomic E-state index is 0.0388. The second kappa shape index (κ2) is 10.4. The Morgan fingerprint density at radius 2 is 1.82 bits per heavy atom. The Balaban J connectivity index is 1.65. The van der Waals surface area contributed by atoms with Crippen molar-refractivity contribution in [3.63, 3.8) is 0 Å². The zero-order valence-corrected chi connectivity index (χ0v) is 22.2. The van der Waals surface area contributed by atoms with Crippen LogP contribution in [0.4, 0.5) is 26.3 Å². The number of ether oxygens (including phenoxy) is 2. The summed E-state index contributed by atoms with van der Waals surface area (Å²) in [5.41, 5.74) is -0.956. The number of hydrogen-bond donors (Lipinski definition) is 0. The quantitative estimate of drug-likeness (QED) is 0.168. The fraction of sp³-hybridized carbons (Fsp3) is 0.433. The van der Waals surface area contributed by atoms with Crippen molar-refractivity contribution in [2.75, 3.05) is 27.3 Å². The molecule has 0 aliphatic carbocycles. The Hall–Kier alpha value is -3.11. The molecule has 10 heteroatoms. The normalized spacial score (nSPS) is 25.6. The summed E-state index contributed by atoms with van der Waals surface area (Å²) in [5.74, 6) is 0.916. The summed E-state index contributed by atoms with van der Waals surface area (Å²) in [7, 11) is 3.12. The van der Waals surface area contributed by atoms with Gasteiger partial charge in [-0.15, -0.1) is 6.58 Å². The number of benzene rings is 2. The molecule has 0 saturated carbocycles. The van der Waals surface area contributed by atoms with E-state index in [-0.39, 0.29) is 34.5 Å². The number of aromatic nitrogens is 1. The summed E-state index contributed by atoms with van der Waals surface area (Å²) in [4.78, 5) is 4.45. The van der Waals surface area contributed by atoms with Crippen LogP contribution in [0.3, 0.4) is 0 Å². The van der Waals surface area contributed by atoms with Crippen molar-refractivity contribution < 1.29 is 40.3 Å². The molecule has 0 radical (unpaired) electrons. The molecular formula is C30H31F6N2O2+. The molecule has 0 spiro atoms. The van der Waals surface area contributed by atoms with Crippen molar-refractivity contribution in [3.8, 4) is 5.75 Å². The topological polar surface area (TPSA) is 31.4 Å². The Labute approximate surface area is 228 Å². The summed E-state index contributed by atoms with van der Waals surface area (Å²) in [6.45, 7) is 4.76. The summed E-state index contributed by atoms with van der Waals surface area (Å²) < 4.78 is 94.9. The Morgan fingerprint density at radius 3 is 2.48 bits per heavy atom. The first-order valence-electron chi connectivity index (χ1n) is 13.1. The molecule has 3 fully saturated rings. The highest BCUT2D eigenvalue weighted by molar-refractivity contribution is 5.84. The minimum Gasteiger partial charge on any atom is -0.497 e. The molecule has 6 rings (SSSR count). The minimum atomic E-state index is -4.79. The number of quaternary nitrogens is 1. The van der Waals surface area contributed by atoms with Crippen molar-refractivity contribution in [2.24, 2.45) is 11.8 Å². The standard InChI is InChI=1S/C30H31F6N2O2/c1-4-18-16-38(17-20-13-21(29(31,32)33)5-7-25(20)30(34,35)36)12-10-19(18)14-27(38)28(40-3)23-9-11-37-26-8-6-22(39-2)15-24(23)26/h4-9,11,13,15,18-19,27-28H,1,10,12,14,16-17H2,2-3H3/q+1/t18-,19-,27-,28-,38?/m0/s1. The van der Waals surface area contributed by atoms with Gasteiger partial charge in [-0.3, -0.25) is 4.98 Å². The number of rotatable bonds is 7. The van der Waals surface area contributed by atoms with Gasteiger partial charge in [0.1, 0.15) is 24.4 Å². The van der Waals surface area contributed by atoms with Gasteiger partial charge in [0.25, 0.3) is 0 Å². The maximum absolute atomic E-state index is 14.1. The smallest absolute Gasteiger partial charge is 0.416 e. The fourth-order valence-corrected chi connectivity index (χ4v) is 6.89. The van der Waals surface area contributed by atoms with Crippen molar-refractivity contribution in [3.05, 3.63) is 83.6 Å². The Morgan fingerprint density at radius 1 is 1.05 bits per heavy atom. The van der Waals surface area contributed by atoms with Gasteiger partial charge in [0.2, 0.25) is 0 Å². The zero-order chi connectivity index (χ0) is 28.9. The molecule has 1 aromatic heterocycles. The fourth-order valence-electron chi connectivity index (χ4n) is 6.89. The first kappa shape index (κ1) is 28.4. The van der Waals surface area contributed by atoms with E-state index in [0.29, 0.717) is 49.0 Å². The number of halogens is 6. The van der Waals surface area contributed by atoms with Crippen LogP contribution >= 0.6 is 0 Å². The molecule has 3 aliphatic heterocycles. The monoisotopic (exact) mass is 565 g/mol. The maximum Gasteiger partial charge on any atom is 0.416 e. The van der Waals surface area contributed by atoms with E-state index >= 15 is 0 Å². The summed E-state index contributed by atoms with van der Waals surface area (Å²) in [6, 6.07) is 8.75. The first-order valence-corrected chi connectivity index (χ1v) is 13.1. The van der Waals surface area contributed by atoms with Crippen LogP contribution in [-0.2, 0) is 23.6 Å². The van der Waals surface area contributed by atoms with Gasteiger partial charge in [-0.2, -0.15) is 26.3 Å². The van der Waals surface area contributed by atoms with E-state index < -0.39 is 29.6 Å². The van der Waals surface area contributed by atoms with Crippen LogP contribution in [-0.4, -0.2) is 42.8 Å². The number of pyridine rings is 1. The van der Waals surface area contributed by atoms with Crippen LogP contribution in [0.1, 0.15) is 41.2 Å². The van der Waals surface area contributed by atoms with Gasteiger partial charge in [-0.25, -0.2) is 0 Å². The highest BCUT2D eigenvalue weighted by Gasteiger charge is 2.55. The number of fused-ring (bicyclic) bond motifs is 4. The summed E-state index contributed by atoms with van der Waals surface area (Å²) in [5, 5.41) is 0.796. The van der Waals surface area contributed by atoms with Gasteiger partial charge in [-0.05, 0) is 53.9 Å². The number of nitrogens with zero attached hydrogens (tertiary/aromatic N) is 2. The van der Waals surface area contributed by atoms with Crippen molar-refractivity contribution in [1.29, 1.82) is 0 Å². The highest BCUT2D eigenvalue weighted by atomic mass is 19.4. The van der Waals surface area contributed by atoms with E-state index in [1.807, 2.05) is 24.3 Å². The molecule has 4 nitrogen and oxygen atoms in total. The highest BCUT2D eigenvalue weighted by Crippen LogP contribution is 2.50. The van der Waals surface area contributed by atoms with Crippen LogP contribution < -0.4 is 4.74 Å². The third-order valence-corrected chi connectivity index (χ3v) is 8.79. The molecule has 3 saturated heterocycles. The number of piperidine rings is 3. The van der Waals surface area contributed by atoms with Crippen LogP contribution in [0.2, 0.25) is 0 Å². The van der Waals surface area contributed by atoms with Gasteiger partial charge in [0, 0.05) is 43.0 Å². The zero-order valence-electron chi connectivity index (χ0n) is 22.2. The molecule has 3 aromatic rings. The van der Waals surface area contributed by atoms with Gasteiger partial charge in [0.15, 0.2) is 0 Å². The van der Waals surface area contributed by atoms with E-state index in [4.69, 9.17) is 9.47 Å². The molecule has 214 valence electrons. The second-order valence-electron chi connectivity index (χ2n) is 10.8. The molecule has 40 heavy (non-hydrogen) atoms. The Kier molecular flexibility index (Phi) is 7.37. The lowest BCUT2D eigenvalue weighted by Gasteiger charge is -2.58. The molecule has 1 unspecified atom stereocenters. The van der Waals surface area contributed by atoms with Crippen molar-refractivity contribution in [2.45, 2.75) is 43.9 Å². The third kappa shape index (κ3) is 5.07. The van der Waals surface area contributed by atoms with Crippen LogP contribution in [0.25, 0.3) is 10.9 Å². The van der Waals surface area contributed by atoms with E-state index in [0.717, 1.165) is 17.4 Å². The van der Waals surface area contributed by atoms with Crippen LogP contribution in [0, 0.1) is 11.8 Å². The molecule has 0 N–H and O–H groups in total. The predicted octanol–water partition coefficient (Wildman–Crippen LogP) is 7.58. The number of hydrogen-bond acceptors (Lipinski definition) is 3. The molecule has 5 atom stereocenters. The van der Waals surface area contributed by atoms with Crippen LogP contribution in [0.5, 0.6) is 5.75 Å². The molecule has 2 bridgehead atoms. The van der Waals surface area contributed by atoms with E-state index in [1.54, 1.807) is 26.5 Å². The lowest BCUT2D eigenvalue weighted by molar-refractivity contribution is -0.985. The predicted molar refractivity (Wildman–Crippen MR) is 138 cm³/mol. The lowest BCUT2D eigenvalue weighted by Crippen LogP contribution is -2.67. The molecule has 0 amide bonds. The van der Waals surface area contributed by atoms with Gasteiger partial charge < -0.3 is 14.0 Å². The van der Waals surface area contributed by atoms with Gasteiger partial charge >= 0.3 is 12.4 Å². The van der Waals surface area contributed by atoms with Crippen molar-refractivity contribution in [1.82, 2.24) is 4.98 Å². The molecule has 2 aromatic carbocycles. The average molecular weight is 566 g/mol. The maximum atomic E-state index is 14.1. The summed E-state index contributed by atoms with van der Waals surface area (Å²) in [6.07, 6.45) is -5.21. The molecule has 3 aliphatic rings. The SMILES string of the molecule is C=C[C@H]1C[N+]2(Cc3cc(C(F)(F)F)ccc3C(F)(F)F)CC[C@H]1C[C@H]2[C@@H](OC)c1ccnc2ccc(OC)cc12. The number of alkyl halides is 6. The van der Waals surface area contributed by atoms with E-state index in [9.17, 15) is 26.3 Å². The molecule has 4 heterocycles. The Bertz CT molecular complexity index is 1410. The van der Waals surface area contributed by atoms with Gasteiger partial charge in [-0.1, -0.05) is 6.08 Å². The van der Waals surface area contributed by atoms with Crippen LogP contribution in [0.15, 0.2) is 61.3 Å². The van der Waals surface area contributed by atoms with E-state index in [2.05, 4.69) is 11.6 Å². The third-order valence-electron chi connectivity index (χ3n) is 8.79. The number of methoxy groups -OCH3 is 2. The largest absolute Gasteiger partial charge is 0.497 e.